The van der Waals surface area contributed by atoms with Crippen molar-refractivity contribution >= 4 is 12.6 Å². The summed E-state index contributed by atoms with van der Waals surface area (Å²) in [6.07, 6.45) is 7.50. The number of hydrogen-bond acceptors (Lipinski definition) is 8. The first-order chi connectivity index (χ1) is 13.1. The average molecular weight is 390 g/mol. The lowest BCUT2D eigenvalue weighted by molar-refractivity contribution is -0.108. The molecule has 8 heteroatoms. The maximum atomic E-state index is 9.56. The lowest BCUT2D eigenvalue weighted by atomic mass is 10.2. The van der Waals surface area contributed by atoms with Gasteiger partial charge in [-0.1, -0.05) is 0 Å². The molecule has 2 saturated heterocycles. The molecule has 0 amide bonds. The van der Waals surface area contributed by atoms with E-state index in [-0.39, 0.29) is 6.61 Å². The number of nitrogens with one attached hydrogen (secondary N) is 1. The van der Waals surface area contributed by atoms with Crippen LogP contribution in [-0.4, -0.2) is 101 Å². The molecule has 0 aromatic heterocycles. The molecule has 27 heavy (non-hydrogen) atoms. The Balaban J connectivity index is 0.000000472. The van der Waals surface area contributed by atoms with Crippen LogP contribution in [0.5, 0.6) is 0 Å². The second kappa shape index (κ2) is 18.5. The van der Waals surface area contributed by atoms with E-state index < -0.39 is 0 Å². The number of nitrogens with zero attached hydrogens (tertiary/aromatic N) is 2. The second-order valence-electron chi connectivity index (χ2n) is 6.63. The van der Waals surface area contributed by atoms with Gasteiger partial charge in [-0.3, -0.25) is 9.80 Å². The van der Waals surface area contributed by atoms with E-state index in [0.717, 1.165) is 51.7 Å². The molecule has 2 fully saturated rings. The van der Waals surface area contributed by atoms with Gasteiger partial charge < -0.3 is 29.5 Å². The van der Waals surface area contributed by atoms with Gasteiger partial charge in [0, 0.05) is 32.5 Å². The summed E-state index contributed by atoms with van der Waals surface area (Å²) in [5.74, 6) is 0. The Morgan fingerprint density at radius 3 is 1.70 bits per heavy atom. The van der Waals surface area contributed by atoms with E-state index in [0.29, 0.717) is 38.3 Å². The highest BCUT2D eigenvalue weighted by Gasteiger charge is 2.24. The minimum Gasteiger partial charge on any atom is -0.395 e. The summed E-state index contributed by atoms with van der Waals surface area (Å²) in [5.41, 5.74) is 0. The van der Waals surface area contributed by atoms with Gasteiger partial charge in [0.2, 0.25) is 0 Å². The summed E-state index contributed by atoms with van der Waals surface area (Å²) in [4.78, 5) is 23.7. The molecular formula is C19H39N3O5. The molecule has 2 aliphatic rings. The number of rotatable bonds is 10. The number of ether oxygens (including phenoxy) is 2. The Hall–Kier alpha value is -0.900. The van der Waals surface area contributed by atoms with Crippen molar-refractivity contribution in [3.8, 4) is 0 Å². The zero-order chi connectivity index (χ0) is 20.3. The number of carbonyl (C=O) groups is 2. The highest BCUT2D eigenvalue weighted by Crippen LogP contribution is 2.18. The lowest BCUT2D eigenvalue weighted by Crippen LogP contribution is -2.28. The van der Waals surface area contributed by atoms with Crippen LogP contribution in [0.15, 0.2) is 0 Å². The molecule has 0 saturated carbocycles. The largest absolute Gasteiger partial charge is 0.395 e. The second-order valence-corrected chi connectivity index (χ2v) is 6.63. The minimum atomic E-state index is 0.233. The van der Waals surface area contributed by atoms with Gasteiger partial charge in [-0.25, -0.2) is 0 Å². The van der Waals surface area contributed by atoms with Crippen molar-refractivity contribution in [3.05, 3.63) is 0 Å². The molecule has 2 aliphatic heterocycles. The highest BCUT2D eigenvalue weighted by atomic mass is 16.5. The van der Waals surface area contributed by atoms with Crippen LogP contribution in [0.25, 0.3) is 0 Å². The zero-order valence-corrected chi connectivity index (χ0v) is 17.3. The van der Waals surface area contributed by atoms with Crippen LogP contribution in [-0.2, 0) is 19.1 Å². The Kier molecular flexibility index (Phi) is 17.8. The first kappa shape index (κ1) is 26.1. The molecule has 0 aromatic rings. The normalized spacial score (nSPS) is 22.5. The fourth-order valence-electron chi connectivity index (χ4n) is 2.68. The van der Waals surface area contributed by atoms with E-state index in [1.807, 2.05) is 0 Å². The average Bonchev–Trinajstić information content (AvgIpc) is 3.26. The van der Waals surface area contributed by atoms with Gasteiger partial charge in [0.05, 0.1) is 19.8 Å². The van der Waals surface area contributed by atoms with Crippen molar-refractivity contribution in [2.75, 3.05) is 60.6 Å². The first-order valence-corrected chi connectivity index (χ1v) is 9.87. The van der Waals surface area contributed by atoms with Crippen LogP contribution in [0.1, 0.15) is 38.5 Å². The van der Waals surface area contributed by atoms with Crippen LogP contribution in [0.3, 0.4) is 0 Å². The zero-order valence-electron chi connectivity index (χ0n) is 17.3. The molecule has 0 aromatic carbocycles. The molecule has 2 heterocycles. The van der Waals surface area contributed by atoms with Crippen molar-refractivity contribution in [1.29, 1.82) is 0 Å². The summed E-state index contributed by atoms with van der Waals surface area (Å²) < 4.78 is 11.3. The lowest BCUT2D eigenvalue weighted by Gasteiger charge is -2.21. The van der Waals surface area contributed by atoms with Gasteiger partial charge in [-0.15, -0.1) is 0 Å². The number of carbonyl (C=O) groups excluding carboxylic acids is 2. The van der Waals surface area contributed by atoms with Gasteiger partial charge in [-0.2, -0.15) is 0 Å². The SMILES string of the molecule is CN1CCOC1CCCC1OCCN1C.CNCCO.O=CCCCC=O. The van der Waals surface area contributed by atoms with Crippen LogP contribution >= 0.6 is 0 Å². The Labute approximate surface area is 164 Å². The van der Waals surface area contributed by atoms with Crippen LogP contribution in [0.4, 0.5) is 0 Å². The molecule has 2 atom stereocenters. The maximum Gasteiger partial charge on any atom is 0.120 e. The molecule has 160 valence electrons. The summed E-state index contributed by atoms with van der Waals surface area (Å²) >= 11 is 0. The molecule has 2 N–H and O–H groups in total. The summed E-state index contributed by atoms with van der Waals surface area (Å²) in [6.45, 7) is 4.85. The Morgan fingerprint density at radius 2 is 1.44 bits per heavy atom. The van der Waals surface area contributed by atoms with Crippen LogP contribution in [0, 0.1) is 0 Å². The van der Waals surface area contributed by atoms with Gasteiger partial charge in [0.1, 0.15) is 25.0 Å². The molecular weight excluding hydrogens is 350 g/mol. The van der Waals surface area contributed by atoms with E-state index in [1.165, 1.54) is 6.42 Å². The Bertz CT molecular complexity index is 330. The van der Waals surface area contributed by atoms with Gasteiger partial charge in [0.25, 0.3) is 0 Å². The van der Waals surface area contributed by atoms with Crippen LogP contribution < -0.4 is 5.32 Å². The standard InChI is InChI=1S/C11H22N2O2.C5H8O2.C3H9NO/c1-12-6-8-14-10(12)4-3-5-11-13(2)7-9-15-11;6-4-2-1-3-5-7;1-4-2-3-5/h10-11H,3-9H2,1-2H3;4-5H,1-3H2;4-5H,2-3H2,1H3. The number of aliphatic hydroxyl groups is 1. The number of hydrogen-bond donors (Lipinski definition) is 2. The fourth-order valence-corrected chi connectivity index (χ4v) is 2.68. The third kappa shape index (κ3) is 13.8. The third-order valence-electron chi connectivity index (χ3n) is 4.40. The first-order valence-electron chi connectivity index (χ1n) is 9.87. The summed E-state index contributed by atoms with van der Waals surface area (Å²) in [7, 11) is 6.07. The molecule has 0 aliphatic carbocycles. The van der Waals surface area contributed by atoms with Crippen molar-refractivity contribution < 1.29 is 24.2 Å². The fraction of sp³-hybridized carbons (Fsp3) is 0.895. The van der Waals surface area contributed by atoms with E-state index in [4.69, 9.17) is 14.6 Å². The van der Waals surface area contributed by atoms with Gasteiger partial charge in [0.15, 0.2) is 0 Å². The van der Waals surface area contributed by atoms with E-state index >= 15 is 0 Å². The van der Waals surface area contributed by atoms with Crippen molar-refractivity contribution in [3.63, 3.8) is 0 Å². The van der Waals surface area contributed by atoms with Gasteiger partial charge in [-0.05, 0) is 46.8 Å². The van der Waals surface area contributed by atoms with E-state index in [1.54, 1.807) is 7.05 Å². The van der Waals surface area contributed by atoms with E-state index in [2.05, 4.69) is 29.2 Å². The molecule has 2 rings (SSSR count). The minimum absolute atomic E-state index is 0.233. The quantitative estimate of drug-likeness (QED) is 0.412. The van der Waals surface area contributed by atoms with Crippen molar-refractivity contribution in [2.45, 2.75) is 51.0 Å². The molecule has 8 nitrogen and oxygen atoms in total. The maximum absolute atomic E-state index is 9.56. The number of aldehydes is 2. The topological polar surface area (TPSA) is 91.3 Å². The molecule has 0 spiro atoms. The monoisotopic (exact) mass is 389 g/mol. The number of aliphatic hydroxyl groups excluding tert-OH is 1. The predicted molar refractivity (Wildman–Crippen MR) is 106 cm³/mol. The van der Waals surface area contributed by atoms with Gasteiger partial charge >= 0.3 is 0 Å². The molecule has 2 unspecified atom stereocenters. The van der Waals surface area contributed by atoms with Crippen molar-refractivity contribution in [1.82, 2.24) is 15.1 Å². The predicted octanol–water partition coefficient (Wildman–Crippen LogP) is 0.486. The van der Waals surface area contributed by atoms with Crippen molar-refractivity contribution in [2.24, 2.45) is 0 Å². The highest BCUT2D eigenvalue weighted by molar-refractivity contribution is 5.52. The van der Waals surface area contributed by atoms with E-state index in [9.17, 15) is 9.59 Å². The van der Waals surface area contributed by atoms with Crippen LogP contribution in [0.2, 0.25) is 0 Å². The number of unbranched alkanes of at least 4 members (excludes halogenated alkanes) is 2. The number of likely N-dealkylation sites (N-methyl/N-ethyl adjacent to an activating group) is 3. The summed E-state index contributed by atoms with van der Waals surface area (Å²) in [6, 6.07) is 0. The third-order valence-corrected chi connectivity index (χ3v) is 4.40. The summed E-state index contributed by atoms with van der Waals surface area (Å²) in [5, 5.41) is 10.8. The Morgan fingerprint density at radius 1 is 0.963 bits per heavy atom. The smallest absolute Gasteiger partial charge is 0.120 e. The molecule has 0 radical (unpaired) electrons. The molecule has 0 bridgehead atoms.